The normalized spacial score (nSPS) is 20.8. The van der Waals surface area contributed by atoms with Gasteiger partial charge >= 0.3 is 0 Å². The molecule has 1 N–H and O–H groups in total. The average Bonchev–Trinajstić information content (AvgIpc) is 2.10. The van der Waals surface area contributed by atoms with Crippen LogP contribution in [0.2, 0.25) is 0 Å². The molecule has 1 rings (SSSR count). The highest BCUT2D eigenvalue weighted by molar-refractivity contribution is 5.69. The van der Waals surface area contributed by atoms with Crippen molar-refractivity contribution in [3.63, 3.8) is 0 Å². The zero-order chi connectivity index (χ0) is 8.32. The highest BCUT2D eigenvalue weighted by Gasteiger charge is 2.10. The molecule has 11 heavy (non-hydrogen) atoms. The maximum atomic E-state index is 4.26. The average molecular weight is 150 g/mol. The molecular weight excluding hydrogens is 136 g/mol. The molecule has 0 saturated heterocycles. The van der Waals surface area contributed by atoms with Crippen molar-refractivity contribution < 1.29 is 0 Å². The minimum absolute atomic E-state index is 0.0785. The molecule has 0 bridgehead atoms. The standard InChI is InChI=1S/C9H14N2/c1-9(2)6-4-5-8(10-3)11-7-9/h4-7,10H,1-3H3. The highest BCUT2D eigenvalue weighted by Crippen LogP contribution is 2.16. The molecule has 0 aromatic rings. The SMILES string of the molecule is CNC1=CC=CC(C)(C)C=N1. The summed E-state index contributed by atoms with van der Waals surface area (Å²) >= 11 is 0. The maximum Gasteiger partial charge on any atom is 0.125 e. The van der Waals surface area contributed by atoms with Gasteiger partial charge in [-0.3, -0.25) is 0 Å². The van der Waals surface area contributed by atoms with E-state index in [0.29, 0.717) is 0 Å². The molecule has 1 heterocycles. The topological polar surface area (TPSA) is 24.4 Å². The van der Waals surface area contributed by atoms with Gasteiger partial charge in [-0.2, -0.15) is 0 Å². The summed E-state index contributed by atoms with van der Waals surface area (Å²) in [7, 11) is 1.87. The zero-order valence-corrected chi connectivity index (χ0v) is 7.26. The summed E-state index contributed by atoms with van der Waals surface area (Å²) in [5, 5.41) is 2.99. The fraction of sp³-hybridized carbons (Fsp3) is 0.444. The number of aliphatic imine (C=N–C) groups is 1. The Bertz CT molecular complexity index is 222. The van der Waals surface area contributed by atoms with E-state index >= 15 is 0 Å². The third-order valence-electron chi connectivity index (χ3n) is 1.57. The second-order valence-corrected chi connectivity index (χ2v) is 3.24. The van der Waals surface area contributed by atoms with Crippen LogP contribution < -0.4 is 5.32 Å². The first kappa shape index (κ1) is 8.05. The summed E-state index contributed by atoms with van der Waals surface area (Å²) < 4.78 is 0. The lowest BCUT2D eigenvalue weighted by Gasteiger charge is -2.10. The van der Waals surface area contributed by atoms with E-state index in [4.69, 9.17) is 0 Å². The summed E-state index contributed by atoms with van der Waals surface area (Å²) in [4.78, 5) is 4.26. The molecule has 0 aromatic heterocycles. The van der Waals surface area contributed by atoms with Crippen molar-refractivity contribution >= 4 is 6.21 Å². The summed E-state index contributed by atoms with van der Waals surface area (Å²) in [6, 6.07) is 0. The molecule has 0 aliphatic carbocycles. The van der Waals surface area contributed by atoms with Crippen molar-refractivity contribution in [3.8, 4) is 0 Å². The maximum absolute atomic E-state index is 4.26. The van der Waals surface area contributed by atoms with Crippen LogP contribution in [0.15, 0.2) is 29.0 Å². The Morgan fingerprint density at radius 2 is 2.18 bits per heavy atom. The van der Waals surface area contributed by atoms with E-state index in [9.17, 15) is 0 Å². The van der Waals surface area contributed by atoms with Crippen molar-refractivity contribution in [2.24, 2.45) is 10.4 Å². The quantitative estimate of drug-likeness (QED) is 0.604. The molecule has 0 atom stereocenters. The second kappa shape index (κ2) is 2.91. The van der Waals surface area contributed by atoms with Gasteiger partial charge in [-0.05, 0) is 6.08 Å². The number of rotatable bonds is 1. The van der Waals surface area contributed by atoms with E-state index in [1.165, 1.54) is 0 Å². The number of hydrogen-bond acceptors (Lipinski definition) is 2. The predicted molar refractivity (Wildman–Crippen MR) is 48.6 cm³/mol. The Morgan fingerprint density at radius 1 is 1.45 bits per heavy atom. The smallest absolute Gasteiger partial charge is 0.125 e. The lowest BCUT2D eigenvalue weighted by atomic mass is 9.95. The molecular formula is C9H14N2. The number of nitrogens with zero attached hydrogens (tertiary/aromatic N) is 1. The van der Waals surface area contributed by atoms with Crippen LogP contribution in [0.1, 0.15) is 13.8 Å². The van der Waals surface area contributed by atoms with Crippen LogP contribution in [-0.4, -0.2) is 13.3 Å². The summed E-state index contributed by atoms with van der Waals surface area (Å²) in [6.45, 7) is 4.25. The van der Waals surface area contributed by atoms with Crippen LogP contribution in [0.4, 0.5) is 0 Å². The van der Waals surface area contributed by atoms with Gasteiger partial charge in [0, 0.05) is 18.7 Å². The molecule has 2 nitrogen and oxygen atoms in total. The van der Waals surface area contributed by atoms with Crippen LogP contribution in [0.3, 0.4) is 0 Å². The van der Waals surface area contributed by atoms with Crippen molar-refractivity contribution in [1.82, 2.24) is 5.32 Å². The van der Waals surface area contributed by atoms with Gasteiger partial charge in [-0.25, -0.2) is 4.99 Å². The summed E-state index contributed by atoms with van der Waals surface area (Å²) in [5.74, 6) is 0.909. The van der Waals surface area contributed by atoms with Gasteiger partial charge in [0.1, 0.15) is 5.82 Å². The van der Waals surface area contributed by atoms with E-state index in [0.717, 1.165) is 5.82 Å². The summed E-state index contributed by atoms with van der Waals surface area (Å²) in [6.07, 6.45) is 8.06. The number of allylic oxidation sites excluding steroid dienone is 3. The van der Waals surface area contributed by atoms with Crippen molar-refractivity contribution in [2.45, 2.75) is 13.8 Å². The molecule has 0 radical (unpaired) electrons. The van der Waals surface area contributed by atoms with Crippen molar-refractivity contribution in [3.05, 3.63) is 24.0 Å². The zero-order valence-electron chi connectivity index (χ0n) is 7.26. The van der Waals surface area contributed by atoms with Gasteiger partial charge in [0.15, 0.2) is 0 Å². The largest absolute Gasteiger partial charge is 0.373 e. The van der Waals surface area contributed by atoms with Crippen molar-refractivity contribution in [1.29, 1.82) is 0 Å². The van der Waals surface area contributed by atoms with Crippen LogP contribution in [0, 0.1) is 5.41 Å². The Labute approximate surface area is 67.7 Å². The lowest BCUT2D eigenvalue weighted by molar-refractivity contribution is 0.694. The molecule has 2 heteroatoms. The fourth-order valence-corrected chi connectivity index (χ4v) is 0.857. The molecule has 0 saturated carbocycles. The van der Waals surface area contributed by atoms with E-state index < -0.39 is 0 Å². The van der Waals surface area contributed by atoms with Gasteiger partial charge in [0.05, 0.1) is 0 Å². The van der Waals surface area contributed by atoms with Gasteiger partial charge < -0.3 is 5.32 Å². The summed E-state index contributed by atoms with van der Waals surface area (Å²) in [5.41, 5.74) is 0.0785. The monoisotopic (exact) mass is 150 g/mol. The van der Waals surface area contributed by atoms with Gasteiger partial charge in [0.25, 0.3) is 0 Å². The van der Waals surface area contributed by atoms with E-state index in [2.05, 4.69) is 30.2 Å². The molecule has 0 aromatic carbocycles. The predicted octanol–water partition coefficient (Wildman–Crippen LogP) is 1.71. The number of hydrogen-bond donors (Lipinski definition) is 1. The van der Waals surface area contributed by atoms with Gasteiger partial charge in [-0.1, -0.05) is 26.0 Å². The Kier molecular flexibility index (Phi) is 2.13. The first-order chi connectivity index (χ1) is 5.14. The Hall–Kier alpha value is -1.05. The highest BCUT2D eigenvalue weighted by atomic mass is 15.0. The number of nitrogens with one attached hydrogen (secondary N) is 1. The van der Waals surface area contributed by atoms with Crippen LogP contribution in [0.25, 0.3) is 0 Å². The minimum atomic E-state index is 0.0785. The molecule has 0 unspecified atom stereocenters. The van der Waals surface area contributed by atoms with Crippen molar-refractivity contribution in [2.75, 3.05) is 7.05 Å². The first-order valence-corrected chi connectivity index (χ1v) is 3.76. The molecule has 0 amide bonds. The Balaban J connectivity index is 2.83. The van der Waals surface area contributed by atoms with E-state index in [-0.39, 0.29) is 5.41 Å². The van der Waals surface area contributed by atoms with Gasteiger partial charge in [-0.15, -0.1) is 0 Å². The second-order valence-electron chi connectivity index (χ2n) is 3.24. The van der Waals surface area contributed by atoms with E-state index in [1.54, 1.807) is 0 Å². The molecule has 0 spiro atoms. The van der Waals surface area contributed by atoms with E-state index in [1.807, 2.05) is 25.4 Å². The minimum Gasteiger partial charge on any atom is -0.373 e. The lowest BCUT2D eigenvalue weighted by Crippen LogP contribution is -2.09. The van der Waals surface area contributed by atoms with Gasteiger partial charge in [0.2, 0.25) is 0 Å². The molecule has 0 fully saturated rings. The van der Waals surface area contributed by atoms with Crippen LogP contribution in [-0.2, 0) is 0 Å². The molecule has 1 aliphatic heterocycles. The first-order valence-electron chi connectivity index (χ1n) is 3.76. The third-order valence-corrected chi connectivity index (χ3v) is 1.57. The fourth-order valence-electron chi connectivity index (χ4n) is 0.857. The molecule has 60 valence electrons. The van der Waals surface area contributed by atoms with Crippen LogP contribution >= 0.6 is 0 Å². The Morgan fingerprint density at radius 3 is 2.82 bits per heavy atom. The molecule has 1 aliphatic rings. The van der Waals surface area contributed by atoms with Crippen LogP contribution in [0.5, 0.6) is 0 Å². The third kappa shape index (κ3) is 2.22.